The van der Waals surface area contributed by atoms with Crippen LogP contribution >= 0.6 is 0 Å². The van der Waals surface area contributed by atoms with Gasteiger partial charge in [0.25, 0.3) is 0 Å². The van der Waals surface area contributed by atoms with Gasteiger partial charge in [0.15, 0.2) is 12.1 Å². The maximum Gasteiger partial charge on any atom is 0.362 e. The molecule has 0 aliphatic heterocycles. The van der Waals surface area contributed by atoms with Gasteiger partial charge in [-0.2, -0.15) is 0 Å². The molecule has 0 heterocycles. The summed E-state index contributed by atoms with van der Waals surface area (Å²) in [6.07, 6.45) is 23.8. The number of carboxylic acids is 1. The van der Waals surface area contributed by atoms with Gasteiger partial charge in [0.1, 0.15) is 6.61 Å². The summed E-state index contributed by atoms with van der Waals surface area (Å²) in [5.41, 5.74) is 0. The normalized spacial score (nSPS) is 13.5. The van der Waals surface area contributed by atoms with E-state index in [1.54, 1.807) is 0 Å². The zero-order chi connectivity index (χ0) is 31.5. The van der Waals surface area contributed by atoms with Crippen LogP contribution in [0.4, 0.5) is 0 Å². The minimum atomic E-state index is -0.883. The number of carbonyl (C=O) groups is 3. The van der Waals surface area contributed by atoms with Gasteiger partial charge in [-0.15, -0.1) is 0 Å². The van der Waals surface area contributed by atoms with Crippen molar-refractivity contribution >= 4 is 17.9 Å². The van der Waals surface area contributed by atoms with Crippen molar-refractivity contribution in [2.75, 3.05) is 41.0 Å². The van der Waals surface area contributed by atoms with E-state index >= 15 is 0 Å². The Hall–Kier alpha value is -2.19. The molecule has 0 saturated carbocycles. The molecule has 8 nitrogen and oxygen atoms in total. The summed E-state index contributed by atoms with van der Waals surface area (Å²) in [5.74, 6) is -1.52. The standard InChI is InChI=1S/C34H61NO7/c1-6-8-10-12-14-16-18-20-22-24-32(36)41-29-30(28-40-27-26-31(34(38)39)35(3,4)5)42-33(37)25-23-21-19-17-15-13-11-9-7-2/h9,11,15,17,30-31H,6-8,10,12-14,16,18-29H2,1-5H3/p+1/b11-9+,17-15+. The van der Waals surface area contributed by atoms with E-state index in [-0.39, 0.29) is 42.7 Å². The third-order valence-corrected chi connectivity index (χ3v) is 7.12. The first-order valence-electron chi connectivity index (χ1n) is 16.4. The van der Waals surface area contributed by atoms with Crippen molar-refractivity contribution in [2.45, 2.75) is 135 Å². The fourth-order valence-corrected chi connectivity index (χ4v) is 4.54. The molecule has 0 aliphatic rings. The largest absolute Gasteiger partial charge is 0.477 e. The Morgan fingerprint density at radius 3 is 1.95 bits per heavy atom. The van der Waals surface area contributed by atoms with Crippen molar-refractivity contribution in [3.63, 3.8) is 0 Å². The second-order valence-corrected chi connectivity index (χ2v) is 12.0. The molecule has 0 radical (unpaired) electrons. The Kier molecular flexibility index (Phi) is 25.1. The summed E-state index contributed by atoms with van der Waals surface area (Å²) >= 11 is 0. The van der Waals surface area contributed by atoms with Gasteiger partial charge in [0.2, 0.25) is 0 Å². The number of nitrogens with zero attached hydrogens (tertiary/aromatic N) is 1. The zero-order valence-corrected chi connectivity index (χ0v) is 27.5. The third-order valence-electron chi connectivity index (χ3n) is 7.12. The van der Waals surface area contributed by atoms with E-state index in [0.29, 0.717) is 19.3 Å². The predicted molar refractivity (Wildman–Crippen MR) is 169 cm³/mol. The number of rotatable bonds is 28. The highest BCUT2D eigenvalue weighted by Crippen LogP contribution is 2.12. The lowest BCUT2D eigenvalue weighted by atomic mass is 10.1. The lowest BCUT2D eigenvalue weighted by molar-refractivity contribution is -0.887. The minimum Gasteiger partial charge on any atom is -0.477 e. The van der Waals surface area contributed by atoms with Crippen LogP contribution in [0, 0.1) is 0 Å². The fraction of sp³-hybridized carbons (Fsp3) is 0.794. The molecule has 0 amide bonds. The number of carbonyl (C=O) groups excluding carboxylic acids is 2. The van der Waals surface area contributed by atoms with Crippen LogP contribution in [0.1, 0.15) is 123 Å². The molecular weight excluding hydrogens is 534 g/mol. The maximum atomic E-state index is 12.5. The van der Waals surface area contributed by atoms with Crippen molar-refractivity contribution in [3.8, 4) is 0 Å². The van der Waals surface area contributed by atoms with E-state index in [1.807, 2.05) is 21.1 Å². The average Bonchev–Trinajstić information content (AvgIpc) is 2.92. The van der Waals surface area contributed by atoms with Gasteiger partial charge in [-0.05, 0) is 38.5 Å². The fourth-order valence-electron chi connectivity index (χ4n) is 4.54. The van der Waals surface area contributed by atoms with Crippen LogP contribution in [0.15, 0.2) is 24.3 Å². The van der Waals surface area contributed by atoms with E-state index in [4.69, 9.17) is 14.2 Å². The van der Waals surface area contributed by atoms with E-state index in [1.165, 1.54) is 38.5 Å². The average molecular weight is 597 g/mol. The Balaban J connectivity index is 4.55. The first-order valence-corrected chi connectivity index (χ1v) is 16.4. The first-order chi connectivity index (χ1) is 20.1. The quantitative estimate of drug-likeness (QED) is 0.0435. The monoisotopic (exact) mass is 596 g/mol. The van der Waals surface area contributed by atoms with Gasteiger partial charge >= 0.3 is 17.9 Å². The number of aliphatic carboxylic acids is 1. The molecule has 0 aliphatic carbocycles. The van der Waals surface area contributed by atoms with Crippen molar-refractivity contribution < 1.29 is 38.2 Å². The number of likely N-dealkylation sites (N-methyl/N-ethyl adjacent to an activating group) is 1. The van der Waals surface area contributed by atoms with Crippen LogP contribution < -0.4 is 0 Å². The van der Waals surface area contributed by atoms with Crippen molar-refractivity contribution in [1.82, 2.24) is 0 Å². The zero-order valence-electron chi connectivity index (χ0n) is 27.5. The lowest BCUT2D eigenvalue weighted by Gasteiger charge is -2.31. The molecule has 2 unspecified atom stereocenters. The Morgan fingerprint density at radius 1 is 0.738 bits per heavy atom. The van der Waals surface area contributed by atoms with Crippen LogP contribution in [-0.2, 0) is 28.6 Å². The van der Waals surface area contributed by atoms with Crippen LogP contribution in [-0.4, -0.2) is 80.6 Å². The van der Waals surface area contributed by atoms with Gasteiger partial charge in [0, 0.05) is 19.3 Å². The Bertz CT molecular complexity index is 757. The van der Waals surface area contributed by atoms with E-state index in [0.717, 1.165) is 44.9 Å². The molecule has 0 fully saturated rings. The van der Waals surface area contributed by atoms with Gasteiger partial charge in [-0.1, -0.05) is 89.5 Å². The number of hydrogen-bond acceptors (Lipinski definition) is 6. The summed E-state index contributed by atoms with van der Waals surface area (Å²) in [6.45, 7) is 4.52. The number of carboxylic acid groups (broad SMARTS) is 1. The van der Waals surface area contributed by atoms with Crippen LogP contribution in [0.3, 0.4) is 0 Å². The number of allylic oxidation sites excluding steroid dienone is 4. The van der Waals surface area contributed by atoms with Gasteiger partial charge in [0.05, 0.1) is 34.4 Å². The maximum absolute atomic E-state index is 12.5. The Labute approximate surface area is 256 Å². The first kappa shape index (κ1) is 39.8. The molecule has 2 atom stereocenters. The molecule has 0 aromatic carbocycles. The molecule has 0 spiro atoms. The second kappa shape index (κ2) is 26.4. The van der Waals surface area contributed by atoms with Gasteiger partial charge in [-0.3, -0.25) is 9.59 Å². The molecule has 42 heavy (non-hydrogen) atoms. The highest BCUT2D eigenvalue weighted by Gasteiger charge is 2.31. The summed E-state index contributed by atoms with van der Waals surface area (Å²) in [4.78, 5) is 36.4. The highest BCUT2D eigenvalue weighted by atomic mass is 16.6. The molecule has 0 aromatic rings. The molecular formula is C34H62NO7+. The number of esters is 2. The Morgan fingerprint density at radius 2 is 1.33 bits per heavy atom. The van der Waals surface area contributed by atoms with Crippen LogP contribution in [0.2, 0.25) is 0 Å². The minimum absolute atomic E-state index is 0.0501. The van der Waals surface area contributed by atoms with Crippen LogP contribution in [0.5, 0.6) is 0 Å². The molecule has 244 valence electrons. The molecule has 0 saturated heterocycles. The SMILES string of the molecule is CC/C=C/C/C=C/CCCCC(=O)OC(COCCC(C(=O)O)[N+](C)(C)C)COC(=O)CCCCCCCCCCC. The van der Waals surface area contributed by atoms with Gasteiger partial charge in [-0.25, -0.2) is 4.79 Å². The van der Waals surface area contributed by atoms with Crippen molar-refractivity contribution in [1.29, 1.82) is 0 Å². The molecule has 0 bridgehead atoms. The topological polar surface area (TPSA) is 99.1 Å². The summed E-state index contributed by atoms with van der Waals surface area (Å²) in [5, 5.41) is 9.52. The van der Waals surface area contributed by atoms with Crippen molar-refractivity contribution in [3.05, 3.63) is 24.3 Å². The second-order valence-electron chi connectivity index (χ2n) is 12.0. The molecule has 0 aromatic heterocycles. The van der Waals surface area contributed by atoms with Crippen LogP contribution in [0.25, 0.3) is 0 Å². The highest BCUT2D eigenvalue weighted by molar-refractivity contribution is 5.72. The predicted octanol–water partition coefficient (Wildman–Crippen LogP) is 7.40. The molecule has 0 rings (SSSR count). The summed E-state index contributed by atoms with van der Waals surface area (Å²) < 4.78 is 17.0. The number of hydrogen-bond donors (Lipinski definition) is 1. The molecule has 8 heteroatoms. The van der Waals surface area contributed by atoms with Crippen molar-refractivity contribution in [2.24, 2.45) is 0 Å². The third kappa shape index (κ3) is 24.4. The smallest absolute Gasteiger partial charge is 0.362 e. The number of ether oxygens (including phenoxy) is 3. The summed E-state index contributed by atoms with van der Waals surface area (Å²) in [7, 11) is 5.49. The van der Waals surface area contributed by atoms with E-state index in [2.05, 4.69) is 38.2 Å². The lowest BCUT2D eigenvalue weighted by Crippen LogP contribution is -2.50. The molecule has 1 N–H and O–H groups in total. The van der Waals surface area contributed by atoms with E-state index < -0.39 is 18.1 Å². The number of unbranched alkanes of at least 4 members (excludes halogenated alkanes) is 10. The summed E-state index contributed by atoms with van der Waals surface area (Å²) in [6, 6.07) is -0.614. The van der Waals surface area contributed by atoms with Gasteiger partial charge < -0.3 is 23.8 Å². The number of quaternary nitrogens is 1. The van der Waals surface area contributed by atoms with E-state index in [9.17, 15) is 19.5 Å².